The number of aliphatic hydroxyl groups is 1. The van der Waals surface area contributed by atoms with Crippen LogP contribution >= 0.6 is 0 Å². The molecule has 3 nitrogen and oxygen atoms in total. The van der Waals surface area contributed by atoms with Crippen molar-refractivity contribution in [1.82, 2.24) is 0 Å². The molecular formula is C15H14N2O. The molecule has 3 heteroatoms. The number of nitrogens with zero attached hydrogens (tertiary/aromatic N) is 1. The van der Waals surface area contributed by atoms with E-state index in [0.29, 0.717) is 17.7 Å². The third-order valence-corrected chi connectivity index (χ3v) is 2.84. The molecule has 0 spiro atoms. The number of anilines is 1. The molecule has 0 aliphatic carbocycles. The lowest BCUT2D eigenvalue weighted by molar-refractivity contribution is 0.300. The fraction of sp³-hybridized carbons (Fsp3) is 0.133. The Morgan fingerprint density at radius 3 is 2.44 bits per heavy atom. The molecular weight excluding hydrogens is 224 g/mol. The van der Waals surface area contributed by atoms with Crippen LogP contribution in [-0.2, 0) is 6.42 Å². The van der Waals surface area contributed by atoms with Gasteiger partial charge < -0.3 is 10.8 Å². The molecule has 2 aromatic carbocycles. The number of nitriles is 1. The summed E-state index contributed by atoms with van der Waals surface area (Å²) >= 11 is 0. The van der Waals surface area contributed by atoms with E-state index in [2.05, 4.69) is 6.07 Å². The summed E-state index contributed by atoms with van der Waals surface area (Å²) in [5, 5.41) is 17.9. The summed E-state index contributed by atoms with van der Waals surface area (Å²) in [6, 6.07) is 15.1. The minimum Gasteiger partial charge on any atom is -0.399 e. The SMILES string of the molecule is N#Cc1ccc(-c2ccc(N)cc2CCO)cc1. The normalized spacial score (nSPS) is 10.0. The second-order valence-corrected chi connectivity index (χ2v) is 4.08. The fourth-order valence-corrected chi connectivity index (χ4v) is 1.95. The molecule has 0 bridgehead atoms. The Morgan fingerprint density at radius 1 is 1.11 bits per heavy atom. The molecule has 0 atom stereocenters. The molecule has 3 N–H and O–H groups in total. The highest BCUT2D eigenvalue weighted by atomic mass is 16.2. The zero-order chi connectivity index (χ0) is 13.0. The Labute approximate surface area is 106 Å². The number of nitrogens with two attached hydrogens (primary N) is 1. The van der Waals surface area contributed by atoms with Crippen molar-refractivity contribution in [3.63, 3.8) is 0 Å². The zero-order valence-electron chi connectivity index (χ0n) is 9.93. The highest BCUT2D eigenvalue weighted by molar-refractivity contribution is 5.70. The second-order valence-electron chi connectivity index (χ2n) is 4.08. The summed E-state index contributed by atoms with van der Waals surface area (Å²) in [5.41, 5.74) is 10.2. The monoisotopic (exact) mass is 238 g/mol. The standard InChI is InChI=1S/C15H14N2O/c16-10-11-1-3-12(4-2-11)15-6-5-14(17)9-13(15)7-8-18/h1-6,9,18H,7-8,17H2. The van der Waals surface area contributed by atoms with Gasteiger partial charge in [0.25, 0.3) is 0 Å². The number of hydrogen-bond donors (Lipinski definition) is 2. The van der Waals surface area contributed by atoms with Gasteiger partial charge in [0.2, 0.25) is 0 Å². The molecule has 18 heavy (non-hydrogen) atoms. The molecule has 2 aromatic rings. The summed E-state index contributed by atoms with van der Waals surface area (Å²) in [4.78, 5) is 0. The lowest BCUT2D eigenvalue weighted by Gasteiger charge is -2.10. The lowest BCUT2D eigenvalue weighted by atomic mass is 9.96. The van der Waals surface area contributed by atoms with E-state index >= 15 is 0 Å². The Kier molecular flexibility index (Phi) is 3.61. The summed E-state index contributed by atoms with van der Waals surface area (Å²) < 4.78 is 0. The van der Waals surface area contributed by atoms with Gasteiger partial charge in [-0.3, -0.25) is 0 Å². The highest BCUT2D eigenvalue weighted by Gasteiger charge is 2.05. The van der Waals surface area contributed by atoms with Crippen LogP contribution in [0.15, 0.2) is 42.5 Å². The maximum Gasteiger partial charge on any atom is 0.0991 e. The fourth-order valence-electron chi connectivity index (χ4n) is 1.95. The molecule has 90 valence electrons. The molecule has 0 radical (unpaired) electrons. The summed E-state index contributed by atoms with van der Waals surface area (Å²) in [6.07, 6.45) is 0.570. The molecule has 0 unspecified atom stereocenters. The summed E-state index contributed by atoms with van der Waals surface area (Å²) in [5.74, 6) is 0. The largest absolute Gasteiger partial charge is 0.399 e. The predicted octanol–water partition coefficient (Wildman–Crippen LogP) is 2.34. The average Bonchev–Trinajstić information content (AvgIpc) is 2.40. The van der Waals surface area contributed by atoms with Gasteiger partial charge in [0, 0.05) is 12.3 Å². The molecule has 2 rings (SSSR count). The van der Waals surface area contributed by atoms with Gasteiger partial charge in [-0.2, -0.15) is 5.26 Å². The number of hydrogen-bond acceptors (Lipinski definition) is 3. The lowest BCUT2D eigenvalue weighted by Crippen LogP contribution is -1.96. The number of aliphatic hydroxyl groups excluding tert-OH is 1. The van der Waals surface area contributed by atoms with E-state index in [1.807, 2.05) is 30.3 Å². The van der Waals surface area contributed by atoms with Gasteiger partial charge in [-0.15, -0.1) is 0 Å². The maximum atomic E-state index is 9.08. The van der Waals surface area contributed by atoms with Crippen LogP contribution in [0.1, 0.15) is 11.1 Å². The van der Waals surface area contributed by atoms with Crippen LogP contribution < -0.4 is 5.73 Å². The second kappa shape index (κ2) is 5.35. The highest BCUT2D eigenvalue weighted by Crippen LogP contribution is 2.26. The molecule has 0 aromatic heterocycles. The van der Waals surface area contributed by atoms with Gasteiger partial charge in [-0.1, -0.05) is 18.2 Å². The quantitative estimate of drug-likeness (QED) is 0.806. The molecule has 0 aliphatic rings. The smallest absolute Gasteiger partial charge is 0.0991 e. The minimum absolute atomic E-state index is 0.0900. The van der Waals surface area contributed by atoms with Crippen LogP contribution in [0, 0.1) is 11.3 Å². The first kappa shape index (κ1) is 12.2. The van der Waals surface area contributed by atoms with Crippen molar-refractivity contribution in [2.24, 2.45) is 0 Å². The first-order valence-corrected chi connectivity index (χ1v) is 5.74. The van der Waals surface area contributed by atoms with Crippen molar-refractivity contribution < 1.29 is 5.11 Å². The third-order valence-electron chi connectivity index (χ3n) is 2.84. The van der Waals surface area contributed by atoms with Crippen molar-refractivity contribution in [2.75, 3.05) is 12.3 Å². The van der Waals surface area contributed by atoms with E-state index in [1.165, 1.54) is 0 Å². The number of benzene rings is 2. The topological polar surface area (TPSA) is 70.0 Å². The van der Waals surface area contributed by atoms with Gasteiger partial charge in [-0.05, 0) is 47.4 Å². The Hall–Kier alpha value is -2.31. The van der Waals surface area contributed by atoms with Crippen molar-refractivity contribution >= 4 is 5.69 Å². The van der Waals surface area contributed by atoms with Gasteiger partial charge in [0.15, 0.2) is 0 Å². The van der Waals surface area contributed by atoms with Crippen LogP contribution in [0.25, 0.3) is 11.1 Å². The zero-order valence-corrected chi connectivity index (χ0v) is 9.93. The Morgan fingerprint density at radius 2 is 1.83 bits per heavy atom. The van der Waals surface area contributed by atoms with Crippen LogP contribution in [0.2, 0.25) is 0 Å². The van der Waals surface area contributed by atoms with Gasteiger partial charge >= 0.3 is 0 Å². The van der Waals surface area contributed by atoms with Crippen molar-refractivity contribution in [3.8, 4) is 17.2 Å². The van der Waals surface area contributed by atoms with Crippen molar-refractivity contribution in [2.45, 2.75) is 6.42 Å². The first-order valence-electron chi connectivity index (χ1n) is 5.74. The Balaban J connectivity index is 2.45. The minimum atomic E-state index is 0.0900. The molecule has 0 saturated carbocycles. The molecule has 0 heterocycles. The molecule has 0 amide bonds. The maximum absolute atomic E-state index is 9.08. The summed E-state index contributed by atoms with van der Waals surface area (Å²) in [6.45, 7) is 0.0900. The van der Waals surface area contributed by atoms with Crippen LogP contribution in [-0.4, -0.2) is 11.7 Å². The predicted molar refractivity (Wildman–Crippen MR) is 71.8 cm³/mol. The van der Waals surface area contributed by atoms with Crippen molar-refractivity contribution in [1.29, 1.82) is 5.26 Å². The van der Waals surface area contributed by atoms with Gasteiger partial charge in [0.1, 0.15) is 0 Å². The van der Waals surface area contributed by atoms with Gasteiger partial charge in [-0.25, -0.2) is 0 Å². The van der Waals surface area contributed by atoms with Crippen LogP contribution in [0.5, 0.6) is 0 Å². The molecule has 0 fully saturated rings. The summed E-state index contributed by atoms with van der Waals surface area (Å²) in [7, 11) is 0. The number of nitrogen functional groups attached to an aromatic ring is 1. The van der Waals surface area contributed by atoms with E-state index in [-0.39, 0.29) is 6.61 Å². The van der Waals surface area contributed by atoms with E-state index < -0.39 is 0 Å². The Bertz CT molecular complexity index is 582. The van der Waals surface area contributed by atoms with E-state index in [1.54, 1.807) is 12.1 Å². The van der Waals surface area contributed by atoms with Crippen LogP contribution in [0.4, 0.5) is 5.69 Å². The van der Waals surface area contributed by atoms with E-state index in [0.717, 1.165) is 16.7 Å². The van der Waals surface area contributed by atoms with Crippen LogP contribution in [0.3, 0.4) is 0 Å². The number of rotatable bonds is 3. The van der Waals surface area contributed by atoms with Crippen molar-refractivity contribution in [3.05, 3.63) is 53.6 Å². The van der Waals surface area contributed by atoms with Gasteiger partial charge in [0.05, 0.1) is 11.6 Å². The van der Waals surface area contributed by atoms with E-state index in [9.17, 15) is 0 Å². The first-order chi connectivity index (χ1) is 8.74. The molecule has 0 aliphatic heterocycles. The van der Waals surface area contributed by atoms with E-state index in [4.69, 9.17) is 16.1 Å². The molecule has 0 saturated heterocycles. The average molecular weight is 238 g/mol. The third kappa shape index (κ3) is 2.50.